The first-order valence-corrected chi connectivity index (χ1v) is 12.0. The van der Waals surface area contributed by atoms with Gasteiger partial charge < -0.3 is 10.2 Å². The smallest absolute Gasteiger partial charge is 0.254 e. The maximum Gasteiger partial charge on any atom is 0.254 e. The average molecular weight is 442 g/mol. The van der Waals surface area contributed by atoms with E-state index in [4.69, 9.17) is 4.98 Å². The number of carbonyl (C=O) groups excluding carboxylic acids is 1. The predicted octanol–water partition coefficient (Wildman–Crippen LogP) is 6.30. The van der Waals surface area contributed by atoms with E-state index >= 15 is 0 Å². The van der Waals surface area contributed by atoms with E-state index in [9.17, 15) is 4.79 Å². The van der Waals surface area contributed by atoms with Crippen LogP contribution in [-0.2, 0) is 0 Å². The number of aryl methyl sites for hydroxylation is 2. The highest BCUT2D eigenvalue weighted by Crippen LogP contribution is 2.29. The number of likely N-dealkylation sites (tertiary alicyclic amines) is 1. The topological polar surface area (TPSA) is 45.2 Å². The van der Waals surface area contributed by atoms with Crippen LogP contribution in [0.1, 0.15) is 34.3 Å². The maximum absolute atomic E-state index is 13.6. The molecule has 3 aromatic carbocycles. The summed E-state index contributed by atoms with van der Waals surface area (Å²) < 4.78 is 1.18. The summed E-state index contributed by atoms with van der Waals surface area (Å²) in [6.07, 6.45) is 2.03. The SMILES string of the molecule is Cc1ccc(-c2ccccc2C(=O)N2CCCC(Nc3nc4ccccc4s3)C2)cc1C. The van der Waals surface area contributed by atoms with Crippen molar-refractivity contribution in [3.8, 4) is 11.1 Å². The molecule has 1 N–H and O–H groups in total. The number of hydrogen-bond acceptors (Lipinski definition) is 4. The number of aromatic nitrogens is 1. The molecule has 0 spiro atoms. The first-order chi connectivity index (χ1) is 15.6. The number of para-hydroxylation sites is 1. The lowest BCUT2D eigenvalue weighted by Gasteiger charge is -2.33. The Bertz CT molecular complexity index is 1250. The minimum atomic E-state index is 0.106. The van der Waals surface area contributed by atoms with Crippen LogP contribution in [0.2, 0.25) is 0 Å². The molecule has 1 saturated heterocycles. The second-order valence-electron chi connectivity index (χ2n) is 8.57. The maximum atomic E-state index is 13.6. The minimum Gasteiger partial charge on any atom is -0.357 e. The van der Waals surface area contributed by atoms with Crippen LogP contribution < -0.4 is 5.32 Å². The van der Waals surface area contributed by atoms with E-state index in [-0.39, 0.29) is 11.9 Å². The summed E-state index contributed by atoms with van der Waals surface area (Å²) >= 11 is 1.67. The van der Waals surface area contributed by atoms with Gasteiger partial charge in [-0.05, 0) is 67.1 Å². The molecule has 0 aliphatic carbocycles. The number of rotatable bonds is 4. The standard InChI is InChI=1S/C27H27N3OS/c1-18-13-14-20(16-19(18)2)22-9-3-4-10-23(22)26(31)30-15-7-8-21(17-30)28-27-29-24-11-5-6-12-25(24)32-27/h3-6,9-14,16,21H,7-8,15,17H2,1-2H3,(H,28,29). The quantitative estimate of drug-likeness (QED) is 0.404. The van der Waals surface area contributed by atoms with Crippen LogP contribution in [0.3, 0.4) is 0 Å². The van der Waals surface area contributed by atoms with Crippen LogP contribution in [0.15, 0.2) is 66.7 Å². The number of anilines is 1. The molecule has 162 valence electrons. The van der Waals surface area contributed by atoms with Crippen molar-refractivity contribution in [1.82, 2.24) is 9.88 Å². The van der Waals surface area contributed by atoms with Gasteiger partial charge in [-0.15, -0.1) is 0 Å². The van der Waals surface area contributed by atoms with Crippen LogP contribution in [0, 0.1) is 13.8 Å². The molecule has 1 unspecified atom stereocenters. The third-order valence-electron chi connectivity index (χ3n) is 6.31. The summed E-state index contributed by atoms with van der Waals surface area (Å²) in [6, 6.07) is 22.8. The van der Waals surface area contributed by atoms with Crippen LogP contribution >= 0.6 is 11.3 Å². The van der Waals surface area contributed by atoms with Gasteiger partial charge in [-0.1, -0.05) is 59.9 Å². The lowest BCUT2D eigenvalue weighted by Crippen LogP contribution is -2.45. The molecule has 1 atom stereocenters. The van der Waals surface area contributed by atoms with E-state index in [0.29, 0.717) is 6.54 Å². The number of carbonyl (C=O) groups is 1. The molecular weight excluding hydrogens is 414 g/mol. The number of piperidine rings is 1. The normalized spacial score (nSPS) is 16.3. The molecule has 5 heteroatoms. The van der Waals surface area contributed by atoms with Crippen LogP contribution in [0.25, 0.3) is 21.3 Å². The zero-order valence-electron chi connectivity index (χ0n) is 18.5. The van der Waals surface area contributed by atoms with Crippen molar-refractivity contribution >= 4 is 32.6 Å². The third-order valence-corrected chi connectivity index (χ3v) is 7.27. The highest BCUT2D eigenvalue weighted by atomic mass is 32.1. The second-order valence-corrected chi connectivity index (χ2v) is 9.60. The van der Waals surface area contributed by atoms with Gasteiger partial charge in [0.05, 0.1) is 10.2 Å². The fourth-order valence-corrected chi connectivity index (χ4v) is 5.33. The number of amides is 1. The molecule has 0 saturated carbocycles. The van der Waals surface area contributed by atoms with Crippen molar-refractivity contribution in [2.45, 2.75) is 32.7 Å². The summed E-state index contributed by atoms with van der Waals surface area (Å²) in [6.45, 7) is 5.71. The van der Waals surface area contributed by atoms with Gasteiger partial charge in [-0.2, -0.15) is 0 Å². The summed E-state index contributed by atoms with van der Waals surface area (Å²) in [5, 5.41) is 4.51. The Labute approximate surface area is 192 Å². The predicted molar refractivity (Wildman–Crippen MR) is 134 cm³/mol. The Morgan fingerprint density at radius 2 is 1.84 bits per heavy atom. The van der Waals surface area contributed by atoms with E-state index in [1.165, 1.54) is 15.8 Å². The fraction of sp³-hybridized carbons (Fsp3) is 0.259. The molecule has 1 aliphatic heterocycles. The van der Waals surface area contributed by atoms with Gasteiger partial charge in [0.1, 0.15) is 0 Å². The monoisotopic (exact) mass is 441 g/mol. The summed E-state index contributed by atoms with van der Waals surface area (Å²) in [4.78, 5) is 20.3. The Morgan fingerprint density at radius 3 is 2.69 bits per heavy atom. The zero-order chi connectivity index (χ0) is 22.1. The highest BCUT2D eigenvalue weighted by molar-refractivity contribution is 7.22. The van der Waals surface area contributed by atoms with E-state index in [1.807, 2.05) is 41.3 Å². The van der Waals surface area contributed by atoms with E-state index in [1.54, 1.807) is 11.3 Å². The molecule has 0 bridgehead atoms. The van der Waals surface area contributed by atoms with Gasteiger partial charge in [-0.25, -0.2) is 4.98 Å². The first-order valence-electron chi connectivity index (χ1n) is 11.2. The Balaban J connectivity index is 1.36. The van der Waals surface area contributed by atoms with Crippen molar-refractivity contribution in [2.24, 2.45) is 0 Å². The molecule has 1 aromatic heterocycles. The van der Waals surface area contributed by atoms with Crippen LogP contribution in [-0.4, -0.2) is 34.9 Å². The van der Waals surface area contributed by atoms with E-state index in [2.05, 4.69) is 49.5 Å². The number of hydrogen-bond donors (Lipinski definition) is 1. The van der Waals surface area contributed by atoms with Crippen LogP contribution in [0.4, 0.5) is 5.13 Å². The molecule has 5 rings (SSSR count). The molecule has 32 heavy (non-hydrogen) atoms. The lowest BCUT2D eigenvalue weighted by molar-refractivity contribution is 0.0715. The Kier molecular flexibility index (Phi) is 5.66. The fourth-order valence-electron chi connectivity index (χ4n) is 4.39. The Morgan fingerprint density at radius 1 is 1.03 bits per heavy atom. The van der Waals surface area contributed by atoms with Crippen molar-refractivity contribution in [3.63, 3.8) is 0 Å². The van der Waals surface area contributed by atoms with Crippen molar-refractivity contribution in [1.29, 1.82) is 0 Å². The number of nitrogens with one attached hydrogen (secondary N) is 1. The minimum absolute atomic E-state index is 0.106. The van der Waals surface area contributed by atoms with Crippen molar-refractivity contribution < 1.29 is 4.79 Å². The van der Waals surface area contributed by atoms with Crippen molar-refractivity contribution in [3.05, 3.63) is 83.4 Å². The largest absolute Gasteiger partial charge is 0.357 e. The summed E-state index contributed by atoms with van der Waals surface area (Å²) in [5.41, 5.74) is 6.39. The zero-order valence-corrected chi connectivity index (χ0v) is 19.3. The molecule has 4 nitrogen and oxygen atoms in total. The molecule has 1 fully saturated rings. The van der Waals surface area contributed by atoms with Gasteiger partial charge in [-0.3, -0.25) is 4.79 Å². The number of thiazole rings is 1. The molecule has 1 amide bonds. The third kappa shape index (κ3) is 4.13. The van der Waals surface area contributed by atoms with Crippen molar-refractivity contribution in [2.75, 3.05) is 18.4 Å². The number of benzene rings is 3. The van der Waals surface area contributed by atoms with E-state index in [0.717, 1.165) is 46.7 Å². The molecule has 2 heterocycles. The molecule has 1 aliphatic rings. The van der Waals surface area contributed by atoms with Gasteiger partial charge in [0.25, 0.3) is 5.91 Å². The van der Waals surface area contributed by atoms with Crippen LogP contribution in [0.5, 0.6) is 0 Å². The molecule has 4 aromatic rings. The molecular formula is C27H27N3OS. The average Bonchev–Trinajstić information content (AvgIpc) is 3.23. The van der Waals surface area contributed by atoms with E-state index < -0.39 is 0 Å². The highest BCUT2D eigenvalue weighted by Gasteiger charge is 2.26. The summed E-state index contributed by atoms with van der Waals surface area (Å²) in [5.74, 6) is 0.106. The lowest BCUT2D eigenvalue weighted by atomic mass is 9.95. The Hall–Kier alpha value is -3.18. The van der Waals surface area contributed by atoms with Gasteiger partial charge in [0, 0.05) is 24.7 Å². The molecule has 0 radical (unpaired) electrons. The van der Waals surface area contributed by atoms with Gasteiger partial charge in [0.2, 0.25) is 0 Å². The number of fused-ring (bicyclic) bond motifs is 1. The number of nitrogens with zero attached hydrogens (tertiary/aromatic N) is 2. The first kappa shape index (κ1) is 20.7. The van der Waals surface area contributed by atoms with Gasteiger partial charge >= 0.3 is 0 Å². The summed E-state index contributed by atoms with van der Waals surface area (Å²) in [7, 11) is 0. The second kappa shape index (κ2) is 8.75. The van der Waals surface area contributed by atoms with Gasteiger partial charge in [0.15, 0.2) is 5.13 Å².